The molecule has 124 valence electrons. The lowest BCUT2D eigenvalue weighted by Crippen LogP contribution is -2.31. The van der Waals surface area contributed by atoms with Gasteiger partial charge < -0.3 is 15.2 Å². The third kappa shape index (κ3) is 4.70. The van der Waals surface area contributed by atoms with E-state index in [1.807, 2.05) is 6.92 Å². The zero-order valence-corrected chi connectivity index (χ0v) is 14.0. The van der Waals surface area contributed by atoms with E-state index in [0.29, 0.717) is 6.61 Å². The van der Waals surface area contributed by atoms with Crippen LogP contribution in [-0.4, -0.2) is 42.9 Å². The van der Waals surface area contributed by atoms with Crippen molar-refractivity contribution in [3.05, 3.63) is 28.8 Å². The molecule has 0 saturated carbocycles. The number of hydrogen-bond donors (Lipinski definition) is 2. The van der Waals surface area contributed by atoms with Crippen molar-refractivity contribution in [2.75, 3.05) is 32.8 Å². The van der Waals surface area contributed by atoms with E-state index in [1.54, 1.807) is 0 Å². The zero-order valence-electron chi connectivity index (χ0n) is 14.0. The highest BCUT2D eigenvalue weighted by Crippen LogP contribution is 2.28. The lowest BCUT2D eigenvalue weighted by Gasteiger charge is -2.29. The number of nitrogens with zero attached hydrogens (tertiary/aromatic N) is 1. The minimum atomic E-state index is 0.239. The molecule has 0 aliphatic carbocycles. The van der Waals surface area contributed by atoms with E-state index >= 15 is 0 Å². The molecule has 0 saturated heterocycles. The average Bonchev–Trinajstić information content (AvgIpc) is 2.52. The Morgan fingerprint density at radius 2 is 2.14 bits per heavy atom. The monoisotopic (exact) mass is 306 g/mol. The standard InChI is InChI=1S/C18H30N2O2/c1-3-8-20-9-6-15-11-16(13-19-7-5-10-21)18(22-4-2)12-17(15)14-20/h11-12,19,21H,3-10,13-14H2,1-2H3. The van der Waals surface area contributed by atoms with Gasteiger partial charge in [0.2, 0.25) is 0 Å². The van der Waals surface area contributed by atoms with Crippen LogP contribution in [0.2, 0.25) is 0 Å². The van der Waals surface area contributed by atoms with Crippen LogP contribution < -0.4 is 10.1 Å². The molecule has 1 aromatic carbocycles. The van der Waals surface area contributed by atoms with Crippen LogP contribution in [-0.2, 0) is 19.5 Å². The summed E-state index contributed by atoms with van der Waals surface area (Å²) in [7, 11) is 0. The first-order valence-corrected chi connectivity index (χ1v) is 8.59. The normalized spacial score (nSPS) is 14.9. The molecular formula is C18H30N2O2. The minimum Gasteiger partial charge on any atom is -0.494 e. The highest BCUT2D eigenvalue weighted by Gasteiger charge is 2.18. The summed E-state index contributed by atoms with van der Waals surface area (Å²) in [5.41, 5.74) is 4.12. The van der Waals surface area contributed by atoms with Gasteiger partial charge in [0.15, 0.2) is 0 Å². The molecule has 0 fully saturated rings. The van der Waals surface area contributed by atoms with Crippen LogP contribution in [0.4, 0.5) is 0 Å². The van der Waals surface area contributed by atoms with Crippen LogP contribution in [0.3, 0.4) is 0 Å². The third-order valence-electron chi connectivity index (χ3n) is 4.14. The fraction of sp³-hybridized carbons (Fsp3) is 0.667. The number of hydrogen-bond acceptors (Lipinski definition) is 4. The smallest absolute Gasteiger partial charge is 0.124 e. The van der Waals surface area contributed by atoms with Crippen molar-refractivity contribution in [2.24, 2.45) is 0 Å². The maximum atomic E-state index is 8.86. The van der Waals surface area contributed by atoms with Crippen molar-refractivity contribution in [1.82, 2.24) is 10.2 Å². The molecule has 0 radical (unpaired) electrons. The summed E-state index contributed by atoms with van der Waals surface area (Å²) < 4.78 is 5.85. The van der Waals surface area contributed by atoms with Crippen molar-refractivity contribution >= 4 is 0 Å². The van der Waals surface area contributed by atoms with E-state index < -0.39 is 0 Å². The SMILES string of the molecule is CCCN1CCc2cc(CNCCCO)c(OCC)cc2C1. The molecule has 0 unspecified atom stereocenters. The van der Waals surface area contributed by atoms with Crippen molar-refractivity contribution in [1.29, 1.82) is 0 Å². The number of nitrogens with one attached hydrogen (secondary N) is 1. The topological polar surface area (TPSA) is 44.7 Å². The number of fused-ring (bicyclic) bond motifs is 1. The summed E-state index contributed by atoms with van der Waals surface area (Å²) in [6.45, 7) is 10.2. The van der Waals surface area contributed by atoms with Gasteiger partial charge in [-0.1, -0.05) is 13.0 Å². The molecule has 0 atom stereocenters. The fourth-order valence-corrected chi connectivity index (χ4v) is 3.06. The summed E-state index contributed by atoms with van der Waals surface area (Å²) in [5.74, 6) is 1.01. The summed E-state index contributed by atoms with van der Waals surface area (Å²) in [6, 6.07) is 4.55. The Bertz CT molecular complexity index is 463. The van der Waals surface area contributed by atoms with Gasteiger partial charge in [-0.05, 0) is 56.5 Å². The predicted molar refractivity (Wildman–Crippen MR) is 90.3 cm³/mol. The van der Waals surface area contributed by atoms with E-state index in [4.69, 9.17) is 9.84 Å². The summed E-state index contributed by atoms with van der Waals surface area (Å²) in [4.78, 5) is 2.53. The van der Waals surface area contributed by atoms with E-state index in [1.165, 1.54) is 29.7 Å². The molecule has 0 amide bonds. The maximum absolute atomic E-state index is 8.86. The van der Waals surface area contributed by atoms with Gasteiger partial charge in [0.05, 0.1) is 6.61 Å². The number of rotatable bonds is 9. The lowest BCUT2D eigenvalue weighted by atomic mass is 9.96. The highest BCUT2D eigenvalue weighted by atomic mass is 16.5. The van der Waals surface area contributed by atoms with E-state index in [-0.39, 0.29) is 6.61 Å². The van der Waals surface area contributed by atoms with Gasteiger partial charge >= 0.3 is 0 Å². The Morgan fingerprint density at radius 3 is 2.86 bits per heavy atom. The number of aliphatic hydroxyl groups excluding tert-OH is 1. The molecular weight excluding hydrogens is 276 g/mol. The second-order valence-electron chi connectivity index (χ2n) is 5.94. The van der Waals surface area contributed by atoms with Crippen molar-refractivity contribution in [2.45, 2.75) is 46.2 Å². The first-order valence-electron chi connectivity index (χ1n) is 8.59. The fourth-order valence-electron chi connectivity index (χ4n) is 3.06. The van der Waals surface area contributed by atoms with Gasteiger partial charge in [-0.25, -0.2) is 0 Å². The molecule has 2 rings (SSSR count). The number of benzene rings is 1. The lowest BCUT2D eigenvalue weighted by molar-refractivity contribution is 0.253. The van der Waals surface area contributed by atoms with Crippen LogP contribution >= 0.6 is 0 Å². The van der Waals surface area contributed by atoms with Gasteiger partial charge in [-0.3, -0.25) is 4.90 Å². The molecule has 2 N–H and O–H groups in total. The first-order chi connectivity index (χ1) is 10.8. The molecule has 1 heterocycles. The van der Waals surface area contributed by atoms with Crippen molar-refractivity contribution in [3.8, 4) is 5.75 Å². The molecule has 1 aliphatic heterocycles. The van der Waals surface area contributed by atoms with Gasteiger partial charge in [0.1, 0.15) is 5.75 Å². The van der Waals surface area contributed by atoms with Crippen LogP contribution in [0.5, 0.6) is 5.75 Å². The Kier molecular flexibility index (Phi) is 7.16. The summed E-state index contributed by atoms with van der Waals surface area (Å²) >= 11 is 0. The molecule has 22 heavy (non-hydrogen) atoms. The number of ether oxygens (including phenoxy) is 1. The zero-order chi connectivity index (χ0) is 15.8. The van der Waals surface area contributed by atoms with Gasteiger partial charge in [0.25, 0.3) is 0 Å². The summed E-state index contributed by atoms with van der Waals surface area (Å²) in [6.07, 6.45) is 3.13. The molecule has 4 heteroatoms. The van der Waals surface area contributed by atoms with Crippen molar-refractivity contribution < 1.29 is 9.84 Å². The first kappa shape index (κ1) is 17.3. The van der Waals surface area contributed by atoms with Gasteiger partial charge in [-0.2, -0.15) is 0 Å². The Morgan fingerprint density at radius 1 is 1.27 bits per heavy atom. The van der Waals surface area contributed by atoms with Crippen LogP contribution in [0, 0.1) is 0 Å². The Balaban J connectivity index is 2.10. The van der Waals surface area contributed by atoms with Crippen LogP contribution in [0.25, 0.3) is 0 Å². The molecule has 1 aromatic rings. The molecule has 1 aliphatic rings. The van der Waals surface area contributed by atoms with Crippen LogP contribution in [0.1, 0.15) is 43.4 Å². The second kappa shape index (κ2) is 9.13. The highest BCUT2D eigenvalue weighted by molar-refractivity contribution is 5.44. The molecule has 4 nitrogen and oxygen atoms in total. The summed E-state index contributed by atoms with van der Waals surface area (Å²) in [5, 5.41) is 12.2. The van der Waals surface area contributed by atoms with E-state index in [2.05, 4.69) is 29.3 Å². The van der Waals surface area contributed by atoms with Gasteiger partial charge in [0, 0.05) is 31.8 Å². The number of aliphatic hydroxyl groups is 1. The average molecular weight is 306 g/mol. The maximum Gasteiger partial charge on any atom is 0.124 e. The minimum absolute atomic E-state index is 0.239. The second-order valence-corrected chi connectivity index (χ2v) is 5.94. The Labute approximate surface area is 134 Å². The quantitative estimate of drug-likeness (QED) is 0.687. The Hall–Kier alpha value is -1.10. The van der Waals surface area contributed by atoms with E-state index in [9.17, 15) is 0 Å². The predicted octanol–water partition coefficient (Wildman–Crippen LogP) is 2.33. The van der Waals surface area contributed by atoms with E-state index in [0.717, 1.165) is 44.8 Å². The van der Waals surface area contributed by atoms with Crippen LogP contribution in [0.15, 0.2) is 12.1 Å². The van der Waals surface area contributed by atoms with Crippen molar-refractivity contribution in [3.63, 3.8) is 0 Å². The largest absolute Gasteiger partial charge is 0.494 e. The van der Waals surface area contributed by atoms with Gasteiger partial charge in [-0.15, -0.1) is 0 Å². The molecule has 0 spiro atoms. The molecule has 0 bridgehead atoms. The molecule has 0 aromatic heterocycles. The third-order valence-corrected chi connectivity index (χ3v) is 4.14.